The highest BCUT2D eigenvalue weighted by Crippen LogP contribution is 2.32. The highest BCUT2D eigenvalue weighted by Gasteiger charge is 2.28. The summed E-state index contributed by atoms with van der Waals surface area (Å²) in [5.41, 5.74) is 1.26. The number of benzene rings is 2. The first-order valence-electron chi connectivity index (χ1n) is 8.12. The van der Waals surface area contributed by atoms with Crippen LogP contribution in [-0.2, 0) is 6.54 Å². The van der Waals surface area contributed by atoms with Crippen LogP contribution >= 0.6 is 0 Å². The van der Waals surface area contributed by atoms with Crippen molar-refractivity contribution in [2.24, 2.45) is 0 Å². The summed E-state index contributed by atoms with van der Waals surface area (Å²) in [5.74, 6) is 1.30. The maximum absolute atomic E-state index is 12.1. The van der Waals surface area contributed by atoms with Crippen molar-refractivity contribution in [3.05, 3.63) is 48.0 Å². The van der Waals surface area contributed by atoms with Gasteiger partial charge in [0.05, 0.1) is 0 Å². The molecular weight excluding hydrogens is 365 g/mol. The maximum Gasteiger partial charge on any atom is 0.422 e. The first kappa shape index (κ1) is 18.7. The van der Waals surface area contributed by atoms with Gasteiger partial charge in [-0.3, -0.25) is 0 Å². The van der Waals surface area contributed by atoms with E-state index in [1.54, 1.807) is 30.3 Å². The highest BCUT2D eigenvalue weighted by atomic mass is 19.4. The van der Waals surface area contributed by atoms with Gasteiger partial charge in [0.2, 0.25) is 0 Å². The molecule has 2 amide bonds. The summed E-state index contributed by atoms with van der Waals surface area (Å²) < 4.78 is 51.8. The SMILES string of the molecule is O=C(NCc1ccc(OCC(F)(F)F)cc1)Nc1ccc2c(c1)OCCO2. The minimum Gasteiger partial charge on any atom is -0.486 e. The van der Waals surface area contributed by atoms with E-state index >= 15 is 0 Å². The van der Waals surface area contributed by atoms with E-state index < -0.39 is 18.8 Å². The van der Waals surface area contributed by atoms with Crippen molar-refractivity contribution in [2.75, 3.05) is 25.1 Å². The van der Waals surface area contributed by atoms with Crippen molar-refractivity contribution in [3.8, 4) is 17.2 Å². The number of anilines is 1. The Kier molecular flexibility index (Phi) is 5.58. The zero-order valence-electron chi connectivity index (χ0n) is 14.1. The zero-order chi connectivity index (χ0) is 19.3. The van der Waals surface area contributed by atoms with Gasteiger partial charge in [-0.25, -0.2) is 4.79 Å². The predicted molar refractivity (Wildman–Crippen MR) is 91.3 cm³/mol. The van der Waals surface area contributed by atoms with Crippen molar-refractivity contribution in [2.45, 2.75) is 12.7 Å². The summed E-state index contributed by atoms with van der Waals surface area (Å²) in [4.78, 5) is 12.0. The molecule has 0 unspecified atom stereocenters. The van der Waals surface area contributed by atoms with Crippen molar-refractivity contribution in [1.29, 1.82) is 0 Å². The van der Waals surface area contributed by atoms with Crippen LogP contribution in [0.15, 0.2) is 42.5 Å². The van der Waals surface area contributed by atoms with E-state index in [1.807, 2.05) is 0 Å². The molecule has 0 saturated carbocycles. The molecule has 0 bridgehead atoms. The molecule has 0 spiro atoms. The third-order valence-electron chi connectivity index (χ3n) is 3.58. The van der Waals surface area contributed by atoms with Crippen LogP contribution in [0, 0.1) is 0 Å². The molecule has 1 heterocycles. The molecule has 2 aromatic carbocycles. The Morgan fingerprint density at radius 2 is 1.74 bits per heavy atom. The average molecular weight is 382 g/mol. The predicted octanol–water partition coefficient (Wildman–Crippen LogP) is 3.72. The third kappa shape index (κ3) is 5.70. The smallest absolute Gasteiger partial charge is 0.422 e. The van der Waals surface area contributed by atoms with E-state index in [4.69, 9.17) is 9.47 Å². The zero-order valence-corrected chi connectivity index (χ0v) is 14.1. The maximum atomic E-state index is 12.1. The van der Waals surface area contributed by atoms with Gasteiger partial charge in [0.15, 0.2) is 18.1 Å². The second-order valence-electron chi connectivity index (χ2n) is 5.71. The Labute approximate surface area is 153 Å². The molecule has 0 atom stereocenters. The molecule has 0 saturated heterocycles. The molecule has 27 heavy (non-hydrogen) atoms. The van der Waals surface area contributed by atoms with Crippen molar-refractivity contribution in [3.63, 3.8) is 0 Å². The molecule has 0 fully saturated rings. The Morgan fingerprint density at radius 3 is 2.44 bits per heavy atom. The monoisotopic (exact) mass is 382 g/mol. The van der Waals surface area contributed by atoms with Gasteiger partial charge >= 0.3 is 12.2 Å². The lowest BCUT2D eigenvalue weighted by atomic mass is 10.2. The van der Waals surface area contributed by atoms with Crippen LogP contribution in [0.1, 0.15) is 5.56 Å². The molecule has 1 aliphatic heterocycles. The van der Waals surface area contributed by atoms with Gasteiger partial charge in [-0.2, -0.15) is 13.2 Å². The molecule has 3 rings (SSSR count). The number of carbonyl (C=O) groups is 1. The normalized spacial score (nSPS) is 13.0. The third-order valence-corrected chi connectivity index (χ3v) is 3.58. The molecule has 2 aromatic rings. The number of hydrogen-bond donors (Lipinski definition) is 2. The van der Waals surface area contributed by atoms with E-state index in [0.717, 1.165) is 0 Å². The lowest BCUT2D eigenvalue weighted by molar-refractivity contribution is -0.153. The number of amides is 2. The van der Waals surface area contributed by atoms with Gasteiger partial charge in [-0.15, -0.1) is 0 Å². The number of fused-ring (bicyclic) bond motifs is 1. The summed E-state index contributed by atoms with van der Waals surface area (Å²) in [5, 5.41) is 5.34. The minimum absolute atomic E-state index is 0.108. The standard InChI is InChI=1S/C18H17F3N2O4/c19-18(20,21)11-27-14-4-1-12(2-5-14)10-22-17(24)23-13-3-6-15-16(9-13)26-8-7-25-15/h1-6,9H,7-8,10-11H2,(H2,22,23,24). The summed E-state index contributed by atoms with van der Waals surface area (Å²) in [6.07, 6.45) is -4.38. The van der Waals surface area contributed by atoms with Crippen LogP contribution in [0.4, 0.5) is 23.7 Å². The van der Waals surface area contributed by atoms with E-state index in [0.29, 0.717) is 36.0 Å². The molecule has 0 aliphatic carbocycles. The summed E-state index contributed by atoms with van der Waals surface area (Å²) >= 11 is 0. The second-order valence-corrected chi connectivity index (χ2v) is 5.71. The van der Waals surface area contributed by atoms with Crippen molar-refractivity contribution >= 4 is 11.7 Å². The summed E-state index contributed by atoms with van der Waals surface area (Å²) in [6.45, 7) is -0.204. The van der Waals surface area contributed by atoms with Gasteiger partial charge in [0.25, 0.3) is 0 Å². The average Bonchev–Trinajstić information content (AvgIpc) is 2.65. The van der Waals surface area contributed by atoms with E-state index in [1.165, 1.54) is 12.1 Å². The lowest BCUT2D eigenvalue weighted by Crippen LogP contribution is -2.28. The minimum atomic E-state index is -4.38. The Balaban J connectivity index is 1.47. The first-order valence-corrected chi connectivity index (χ1v) is 8.12. The topological polar surface area (TPSA) is 68.8 Å². The van der Waals surface area contributed by atoms with Crippen LogP contribution in [0.5, 0.6) is 17.2 Å². The fourth-order valence-corrected chi connectivity index (χ4v) is 2.35. The van der Waals surface area contributed by atoms with Crippen LogP contribution < -0.4 is 24.8 Å². The number of alkyl halides is 3. The molecule has 0 aromatic heterocycles. The van der Waals surface area contributed by atoms with Crippen LogP contribution in [0.25, 0.3) is 0 Å². The molecule has 6 nitrogen and oxygen atoms in total. The number of rotatable bonds is 5. The lowest BCUT2D eigenvalue weighted by Gasteiger charge is -2.19. The molecule has 9 heteroatoms. The van der Waals surface area contributed by atoms with Crippen LogP contribution in [0.3, 0.4) is 0 Å². The number of carbonyl (C=O) groups excluding carboxylic acids is 1. The number of hydrogen-bond acceptors (Lipinski definition) is 4. The molecule has 1 aliphatic rings. The van der Waals surface area contributed by atoms with E-state index in [-0.39, 0.29) is 12.3 Å². The number of halogens is 3. The van der Waals surface area contributed by atoms with Gasteiger partial charge < -0.3 is 24.8 Å². The van der Waals surface area contributed by atoms with Gasteiger partial charge in [-0.1, -0.05) is 12.1 Å². The van der Waals surface area contributed by atoms with Gasteiger partial charge in [-0.05, 0) is 29.8 Å². The molecular formula is C18H17F3N2O4. The molecule has 0 radical (unpaired) electrons. The summed E-state index contributed by atoms with van der Waals surface area (Å²) in [7, 11) is 0. The quantitative estimate of drug-likeness (QED) is 0.827. The van der Waals surface area contributed by atoms with Crippen LogP contribution in [-0.4, -0.2) is 32.0 Å². The van der Waals surface area contributed by atoms with Gasteiger partial charge in [0.1, 0.15) is 19.0 Å². The number of urea groups is 1. The highest BCUT2D eigenvalue weighted by molar-refractivity contribution is 5.89. The first-order chi connectivity index (χ1) is 12.9. The summed E-state index contributed by atoms with van der Waals surface area (Å²) in [6, 6.07) is 10.6. The Bertz CT molecular complexity index is 794. The fourth-order valence-electron chi connectivity index (χ4n) is 2.35. The van der Waals surface area contributed by atoms with Gasteiger partial charge in [0, 0.05) is 18.3 Å². The fraction of sp³-hybridized carbons (Fsp3) is 0.278. The number of nitrogens with one attached hydrogen (secondary N) is 2. The Hall–Kier alpha value is -3.10. The molecule has 144 valence electrons. The largest absolute Gasteiger partial charge is 0.486 e. The molecule has 2 N–H and O–H groups in total. The van der Waals surface area contributed by atoms with Crippen molar-refractivity contribution < 1.29 is 32.2 Å². The Morgan fingerprint density at radius 1 is 1.04 bits per heavy atom. The van der Waals surface area contributed by atoms with E-state index in [2.05, 4.69) is 15.4 Å². The number of ether oxygens (including phenoxy) is 3. The second kappa shape index (κ2) is 8.07. The van der Waals surface area contributed by atoms with Crippen LogP contribution in [0.2, 0.25) is 0 Å². The van der Waals surface area contributed by atoms with E-state index in [9.17, 15) is 18.0 Å². The van der Waals surface area contributed by atoms with Crippen molar-refractivity contribution in [1.82, 2.24) is 5.32 Å².